The molecule has 2 aliphatic rings. The van der Waals surface area contributed by atoms with Crippen LogP contribution in [0.1, 0.15) is 21.0 Å². The molecule has 0 atom stereocenters. The van der Waals surface area contributed by atoms with Crippen LogP contribution in [0, 0.1) is 0 Å². The van der Waals surface area contributed by atoms with E-state index in [4.69, 9.17) is 11.5 Å². The molecule has 2 saturated heterocycles. The summed E-state index contributed by atoms with van der Waals surface area (Å²) in [6.45, 7) is 8.83. The van der Waals surface area contributed by atoms with Gasteiger partial charge >= 0.3 is 0 Å². The molecule has 0 bridgehead atoms. The van der Waals surface area contributed by atoms with Crippen LogP contribution < -0.4 is 11.5 Å². The average Bonchev–Trinajstić information content (AvgIpc) is 2.74. The van der Waals surface area contributed by atoms with E-state index in [9.17, 15) is 9.59 Å². The number of hydrogen-bond acceptors (Lipinski definition) is 7. The van der Waals surface area contributed by atoms with Crippen LogP contribution in [-0.2, 0) is 0 Å². The summed E-state index contributed by atoms with van der Waals surface area (Å²) in [7, 11) is 0. The van der Waals surface area contributed by atoms with Gasteiger partial charge in [0.2, 0.25) is 0 Å². The fourth-order valence-corrected chi connectivity index (χ4v) is 3.71. The van der Waals surface area contributed by atoms with Gasteiger partial charge in [-0.3, -0.25) is 19.4 Å². The highest BCUT2D eigenvalue weighted by Gasteiger charge is 2.25. The van der Waals surface area contributed by atoms with Gasteiger partial charge in [-0.2, -0.15) is 0 Å². The van der Waals surface area contributed by atoms with Crippen molar-refractivity contribution in [3.8, 4) is 0 Å². The fourth-order valence-electron chi connectivity index (χ4n) is 3.71. The third-order valence-electron chi connectivity index (χ3n) is 5.40. The highest BCUT2D eigenvalue weighted by atomic mass is 16.2. The maximum Gasteiger partial charge on any atom is 0.272 e. The van der Waals surface area contributed by atoms with Crippen molar-refractivity contribution in [3.05, 3.63) is 29.6 Å². The van der Waals surface area contributed by atoms with E-state index in [1.165, 1.54) is 0 Å². The smallest absolute Gasteiger partial charge is 0.272 e. The summed E-state index contributed by atoms with van der Waals surface area (Å²) >= 11 is 0. The van der Waals surface area contributed by atoms with Crippen molar-refractivity contribution in [1.82, 2.24) is 24.6 Å². The molecule has 0 unspecified atom stereocenters. The first-order valence-corrected chi connectivity index (χ1v) is 10.0. The zero-order valence-electron chi connectivity index (χ0n) is 16.4. The van der Waals surface area contributed by atoms with E-state index in [1.807, 2.05) is 0 Å². The van der Waals surface area contributed by atoms with Crippen LogP contribution in [0.4, 0.5) is 0 Å². The second kappa shape index (κ2) is 9.92. The Labute approximate surface area is 166 Å². The maximum absolute atomic E-state index is 12.8. The third-order valence-corrected chi connectivity index (χ3v) is 5.40. The van der Waals surface area contributed by atoms with E-state index in [2.05, 4.69) is 14.8 Å². The summed E-state index contributed by atoms with van der Waals surface area (Å²) in [4.78, 5) is 38.1. The lowest BCUT2D eigenvalue weighted by atomic mass is 10.2. The number of carbonyl (C=O) groups is 2. The van der Waals surface area contributed by atoms with Gasteiger partial charge in [0.05, 0.1) is 0 Å². The summed E-state index contributed by atoms with van der Waals surface area (Å²) in [6.07, 6.45) is 0. The Bertz CT molecular complexity index is 615. The molecular weight excluding hydrogens is 358 g/mol. The Morgan fingerprint density at radius 2 is 1.14 bits per heavy atom. The monoisotopic (exact) mass is 389 g/mol. The molecule has 2 fully saturated rings. The van der Waals surface area contributed by atoms with Crippen molar-refractivity contribution in [2.45, 2.75) is 0 Å². The predicted octanol–water partition coefficient (Wildman–Crippen LogP) is -1.49. The van der Waals surface area contributed by atoms with Gasteiger partial charge in [0.15, 0.2) is 0 Å². The number of nitrogens with two attached hydrogens (primary N) is 2. The number of rotatable bonds is 6. The molecule has 28 heavy (non-hydrogen) atoms. The minimum absolute atomic E-state index is 0.116. The Balaban J connectivity index is 1.59. The van der Waals surface area contributed by atoms with E-state index in [1.54, 1.807) is 28.0 Å². The summed E-state index contributed by atoms with van der Waals surface area (Å²) < 4.78 is 0. The van der Waals surface area contributed by atoms with Crippen molar-refractivity contribution < 1.29 is 9.59 Å². The molecule has 0 spiro atoms. The van der Waals surface area contributed by atoms with Gasteiger partial charge in [-0.15, -0.1) is 0 Å². The standard InChI is InChI=1S/C19H31N7O2/c20-4-6-23-8-12-25(13-9-23)18(27)16-2-1-3-17(22-16)19(28)26-14-10-24(7-5-21)11-15-26/h1-3H,4-15,20-21H2. The minimum atomic E-state index is -0.116. The second-order valence-corrected chi connectivity index (χ2v) is 7.25. The minimum Gasteiger partial charge on any atom is -0.335 e. The largest absolute Gasteiger partial charge is 0.335 e. The molecule has 154 valence electrons. The average molecular weight is 390 g/mol. The van der Waals surface area contributed by atoms with Gasteiger partial charge < -0.3 is 21.3 Å². The SMILES string of the molecule is NCCN1CCN(C(=O)c2cccc(C(=O)N3CCN(CCN)CC3)n2)CC1. The van der Waals surface area contributed by atoms with Crippen molar-refractivity contribution in [3.63, 3.8) is 0 Å². The molecule has 0 aromatic carbocycles. The topological polar surface area (TPSA) is 112 Å². The Hall–Kier alpha value is -2.07. The molecule has 2 amide bonds. The van der Waals surface area contributed by atoms with Crippen molar-refractivity contribution in [2.24, 2.45) is 11.5 Å². The van der Waals surface area contributed by atoms with Crippen LogP contribution in [-0.4, -0.2) is 115 Å². The maximum atomic E-state index is 12.8. The lowest BCUT2D eigenvalue weighted by molar-refractivity contribution is 0.0627. The van der Waals surface area contributed by atoms with Crippen molar-refractivity contribution in [1.29, 1.82) is 0 Å². The molecule has 1 aromatic heterocycles. The van der Waals surface area contributed by atoms with Crippen LogP contribution in [0.5, 0.6) is 0 Å². The predicted molar refractivity (Wildman–Crippen MR) is 107 cm³/mol. The van der Waals surface area contributed by atoms with E-state index < -0.39 is 0 Å². The number of carbonyl (C=O) groups excluding carboxylic acids is 2. The second-order valence-electron chi connectivity index (χ2n) is 7.25. The normalized spacial score (nSPS) is 19.1. The summed E-state index contributed by atoms with van der Waals surface area (Å²) in [5.41, 5.74) is 11.9. The van der Waals surface area contributed by atoms with Gasteiger partial charge in [0.25, 0.3) is 11.8 Å². The zero-order valence-corrected chi connectivity index (χ0v) is 16.4. The fraction of sp³-hybridized carbons (Fsp3) is 0.632. The first kappa shape index (κ1) is 20.7. The molecule has 4 N–H and O–H groups in total. The van der Waals surface area contributed by atoms with E-state index in [0.717, 1.165) is 39.3 Å². The molecule has 3 rings (SSSR count). The molecule has 0 aliphatic carbocycles. The van der Waals surface area contributed by atoms with Gasteiger partial charge in [-0.25, -0.2) is 4.98 Å². The van der Waals surface area contributed by atoms with Crippen molar-refractivity contribution in [2.75, 3.05) is 78.5 Å². The van der Waals surface area contributed by atoms with Crippen LogP contribution >= 0.6 is 0 Å². The Kier molecular flexibility index (Phi) is 7.32. The molecule has 0 radical (unpaired) electrons. The Morgan fingerprint density at radius 3 is 1.50 bits per heavy atom. The lowest BCUT2D eigenvalue weighted by Crippen LogP contribution is -2.50. The number of piperazine rings is 2. The number of nitrogens with zero attached hydrogens (tertiary/aromatic N) is 5. The molecule has 2 aliphatic heterocycles. The Morgan fingerprint density at radius 1 is 0.750 bits per heavy atom. The number of aromatic nitrogens is 1. The van der Waals surface area contributed by atoms with Crippen LogP contribution in [0.2, 0.25) is 0 Å². The molecule has 0 saturated carbocycles. The summed E-state index contributed by atoms with van der Waals surface area (Å²) in [5, 5.41) is 0. The summed E-state index contributed by atoms with van der Waals surface area (Å²) in [5.74, 6) is -0.232. The van der Waals surface area contributed by atoms with Gasteiger partial charge in [-0.1, -0.05) is 6.07 Å². The molecule has 9 nitrogen and oxygen atoms in total. The van der Waals surface area contributed by atoms with E-state index in [0.29, 0.717) is 50.7 Å². The van der Waals surface area contributed by atoms with Crippen LogP contribution in [0.25, 0.3) is 0 Å². The van der Waals surface area contributed by atoms with E-state index in [-0.39, 0.29) is 11.8 Å². The zero-order chi connectivity index (χ0) is 19.9. The van der Waals surface area contributed by atoms with Gasteiger partial charge in [-0.05, 0) is 12.1 Å². The first-order valence-electron chi connectivity index (χ1n) is 10.0. The highest BCUT2D eigenvalue weighted by molar-refractivity contribution is 5.96. The third kappa shape index (κ3) is 5.05. The molecule has 3 heterocycles. The van der Waals surface area contributed by atoms with Crippen LogP contribution in [0.15, 0.2) is 18.2 Å². The van der Waals surface area contributed by atoms with Gasteiger partial charge in [0, 0.05) is 78.5 Å². The number of hydrogen-bond donors (Lipinski definition) is 2. The molecule has 1 aromatic rings. The van der Waals surface area contributed by atoms with E-state index >= 15 is 0 Å². The van der Waals surface area contributed by atoms with Crippen LogP contribution in [0.3, 0.4) is 0 Å². The highest BCUT2D eigenvalue weighted by Crippen LogP contribution is 2.11. The first-order chi connectivity index (χ1) is 13.6. The lowest BCUT2D eigenvalue weighted by Gasteiger charge is -2.35. The summed E-state index contributed by atoms with van der Waals surface area (Å²) in [6, 6.07) is 5.11. The number of amides is 2. The quantitative estimate of drug-likeness (QED) is 0.610. The van der Waals surface area contributed by atoms with Crippen molar-refractivity contribution >= 4 is 11.8 Å². The number of pyridine rings is 1. The van der Waals surface area contributed by atoms with Gasteiger partial charge in [0.1, 0.15) is 11.4 Å². The molecular formula is C19H31N7O2. The molecule has 9 heteroatoms.